The molecule has 0 aliphatic carbocycles. The highest BCUT2D eigenvalue weighted by molar-refractivity contribution is 7.91. The predicted molar refractivity (Wildman–Crippen MR) is 123 cm³/mol. The Morgan fingerprint density at radius 1 is 1.24 bits per heavy atom. The number of rotatable bonds is 4. The summed E-state index contributed by atoms with van der Waals surface area (Å²) in [5.41, 5.74) is 5.08. The summed E-state index contributed by atoms with van der Waals surface area (Å²) in [5.74, 6) is -2.26. The fourth-order valence-electron chi connectivity index (χ4n) is 4.51. The number of halogens is 1. The van der Waals surface area contributed by atoms with Gasteiger partial charge in [-0.25, -0.2) is 4.39 Å². The lowest BCUT2D eigenvalue weighted by molar-refractivity contribution is -0.129. The molecule has 0 aromatic heterocycles. The molecule has 0 radical (unpaired) electrons. The standard InChI is InChI=1S/C24H24FN3O5S/c1-12-10-13(8-9-16(12)25)11-28-21(24(2,3)4)19(29)17(23(28)31)18-14-6-5-7-15(22(26)30)20(14)34(32,33)27-18/h5-10,21,29H,11H2,1-4H3,(H2,26,30)/t21-/m1/s1. The number of aryl methyl sites for hydroxylation is 1. The van der Waals surface area contributed by atoms with E-state index in [9.17, 15) is 27.5 Å². The molecule has 0 unspecified atom stereocenters. The number of hydrogen-bond acceptors (Lipinski definition) is 5. The van der Waals surface area contributed by atoms with Crippen molar-refractivity contribution in [3.63, 3.8) is 0 Å². The average Bonchev–Trinajstić information content (AvgIpc) is 3.14. The van der Waals surface area contributed by atoms with E-state index in [0.29, 0.717) is 11.1 Å². The van der Waals surface area contributed by atoms with E-state index in [1.165, 1.54) is 29.2 Å². The van der Waals surface area contributed by atoms with Gasteiger partial charge in [0.1, 0.15) is 27.8 Å². The predicted octanol–water partition coefficient (Wildman–Crippen LogP) is 2.99. The molecule has 34 heavy (non-hydrogen) atoms. The van der Waals surface area contributed by atoms with Crippen molar-refractivity contribution in [2.75, 3.05) is 0 Å². The van der Waals surface area contributed by atoms with Gasteiger partial charge < -0.3 is 15.7 Å². The van der Waals surface area contributed by atoms with Crippen LogP contribution in [-0.4, -0.2) is 42.0 Å². The van der Waals surface area contributed by atoms with Gasteiger partial charge in [-0.2, -0.15) is 12.8 Å². The molecular weight excluding hydrogens is 461 g/mol. The number of carbonyl (C=O) groups is 2. The highest BCUT2D eigenvalue weighted by atomic mass is 32.2. The maximum atomic E-state index is 13.8. The largest absolute Gasteiger partial charge is 0.509 e. The van der Waals surface area contributed by atoms with Crippen LogP contribution < -0.4 is 5.73 Å². The van der Waals surface area contributed by atoms with Crippen molar-refractivity contribution in [3.05, 3.63) is 75.8 Å². The van der Waals surface area contributed by atoms with Crippen LogP contribution in [0.5, 0.6) is 0 Å². The molecule has 10 heteroatoms. The maximum absolute atomic E-state index is 13.8. The van der Waals surface area contributed by atoms with Crippen LogP contribution in [0.15, 0.2) is 57.0 Å². The fourth-order valence-corrected chi connectivity index (χ4v) is 5.92. The Morgan fingerprint density at radius 2 is 1.91 bits per heavy atom. The van der Waals surface area contributed by atoms with Crippen LogP contribution in [0.4, 0.5) is 4.39 Å². The minimum absolute atomic E-state index is 0.0262. The number of nitrogens with two attached hydrogens (primary N) is 1. The summed E-state index contributed by atoms with van der Waals surface area (Å²) in [6.07, 6.45) is 0. The minimum Gasteiger partial charge on any atom is -0.509 e. The Kier molecular flexibility index (Phi) is 5.39. The van der Waals surface area contributed by atoms with Gasteiger partial charge >= 0.3 is 0 Å². The van der Waals surface area contributed by atoms with Gasteiger partial charge in [0, 0.05) is 12.1 Å². The molecule has 178 valence electrons. The number of carbonyl (C=O) groups excluding carboxylic acids is 2. The number of fused-ring (bicyclic) bond motifs is 1. The molecule has 2 aliphatic heterocycles. The Morgan fingerprint density at radius 3 is 2.50 bits per heavy atom. The number of sulfonamides is 1. The Balaban J connectivity index is 1.86. The quantitative estimate of drug-likeness (QED) is 0.688. The lowest BCUT2D eigenvalue weighted by atomic mass is 9.84. The van der Waals surface area contributed by atoms with E-state index in [4.69, 9.17) is 5.73 Å². The molecule has 3 N–H and O–H groups in total. The van der Waals surface area contributed by atoms with Crippen LogP contribution in [0.25, 0.3) is 0 Å². The van der Waals surface area contributed by atoms with E-state index in [1.807, 2.05) is 20.8 Å². The Bertz CT molecular complexity index is 1420. The first-order chi connectivity index (χ1) is 15.7. The van der Waals surface area contributed by atoms with Crippen LogP contribution in [0.1, 0.15) is 47.8 Å². The van der Waals surface area contributed by atoms with Gasteiger partial charge in [-0.1, -0.05) is 45.0 Å². The topological polar surface area (TPSA) is 130 Å². The number of amides is 2. The van der Waals surface area contributed by atoms with Crippen LogP contribution in [0.3, 0.4) is 0 Å². The summed E-state index contributed by atoms with van der Waals surface area (Å²) >= 11 is 0. The normalized spacial score (nSPS) is 19.4. The molecule has 0 saturated heterocycles. The SMILES string of the molecule is Cc1cc(CN2C(=O)C(C3=NS(=O)(=O)c4c(C(N)=O)cccc43)=C(O)[C@@H]2C(C)(C)C)ccc1F. The number of hydrogen-bond donors (Lipinski definition) is 2. The number of primary amides is 1. The maximum Gasteiger partial charge on any atom is 0.284 e. The lowest BCUT2D eigenvalue weighted by Crippen LogP contribution is -2.43. The molecule has 0 fully saturated rings. The van der Waals surface area contributed by atoms with E-state index >= 15 is 0 Å². The van der Waals surface area contributed by atoms with Crippen molar-refractivity contribution in [2.45, 2.75) is 45.2 Å². The smallest absolute Gasteiger partial charge is 0.284 e. The number of benzene rings is 2. The second-order valence-electron chi connectivity index (χ2n) is 9.51. The van der Waals surface area contributed by atoms with E-state index in [2.05, 4.69) is 4.40 Å². The molecule has 2 heterocycles. The summed E-state index contributed by atoms with van der Waals surface area (Å²) in [6, 6.07) is 7.79. The Hall–Kier alpha value is -3.53. The highest BCUT2D eigenvalue weighted by Crippen LogP contribution is 2.41. The molecular formula is C24H24FN3O5S. The van der Waals surface area contributed by atoms with Gasteiger partial charge in [0.25, 0.3) is 15.9 Å². The fraction of sp³-hybridized carbons (Fsp3) is 0.292. The first-order valence-electron chi connectivity index (χ1n) is 10.5. The first-order valence-corrected chi connectivity index (χ1v) is 12.0. The molecule has 2 amide bonds. The van der Waals surface area contributed by atoms with E-state index < -0.39 is 33.3 Å². The molecule has 2 aromatic carbocycles. The van der Waals surface area contributed by atoms with E-state index in [0.717, 1.165) is 0 Å². The van der Waals surface area contributed by atoms with Gasteiger partial charge in [-0.05, 0) is 35.6 Å². The highest BCUT2D eigenvalue weighted by Gasteiger charge is 2.49. The van der Waals surface area contributed by atoms with Gasteiger partial charge in [-0.15, -0.1) is 0 Å². The average molecular weight is 486 g/mol. The number of nitrogens with zero attached hydrogens (tertiary/aromatic N) is 2. The molecule has 8 nitrogen and oxygen atoms in total. The van der Waals surface area contributed by atoms with Gasteiger partial charge in [0.05, 0.1) is 11.6 Å². The van der Waals surface area contributed by atoms with E-state index in [1.54, 1.807) is 19.1 Å². The Labute approximate surface area is 196 Å². The van der Waals surface area contributed by atoms with Crippen molar-refractivity contribution >= 4 is 27.5 Å². The van der Waals surface area contributed by atoms with Gasteiger partial charge in [0.15, 0.2) is 0 Å². The van der Waals surface area contributed by atoms with Crippen molar-refractivity contribution < 1.29 is 27.5 Å². The molecule has 2 aliphatic rings. The molecule has 1 atom stereocenters. The minimum atomic E-state index is -4.32. The van der Waals surface area contributed by atoms with Crippen molar-refractivity contribution in [1.82, 2.24) is 4.90 Å². The monoisotopic (exact) mass is 485 g/mol. The summed E-state index contributed by atoms with van der Waals surface area (Å²) < 4.78 is 43.2. The zero-order valence-corrected chi connectivity index (χ0v) is 19.9. The number of aliphatic hydroxyl groups excluding tert-OH is 1. The van der Waals surface area contributed by atoms with E-state index in [-0.39, 0.29) is 45.4 Å². The third-order valence-corrected chi connectivity index (χ3v) is 7.32. The van der Waals surface area contributed by atoms with Crippen LogP contribution in [-0.2, 0) is 21.4 Å². The summed E-state index contributed by atoms with van der Waals surface area (Å²) in [5, 5.41) is 11.2. The van der Waals surface area contributed by atoms with Crippen LogP contribution >= 0.6 is 0 Å². The molecule has 0 bridgehead atoms. The van der Waals surface area contributed by atoms with Crippen LogP contribution in [0.2, 0.25) is 0 Å². The third-order valence-electron chi connectivity index (χ3n) is 5.94. The van der Waals surface area contributed by atoms with Gasteiger partial charge in [-0.3, -0.25) is 9.59 Å². The number of aliphatic hydroxyl groups is 1. The summed E-state index contributed by atoms with van der Waals surface area (Å²) in [6.45, 7) is 7.17. The molecule has 2 aromatic rings. The van der Waals surface area contributed by atoms with Gasteiger partial charge in [0.2, 0.25) is 5.91 Å². The second-order valence-corrected chi connectivity index (χ2v) is 11.0. The third kappa shape index (κ3) is 3.67. The van der Waals surface area contributed by atoms with Crippen molar-refractivity contribution in [1.29, 1.82) is 0 Å². The molecule has 4 rings (SSSR count). The second kappa shape index (κ2) is 7.76. The van der Waals surface area contributed by atoms with Crippen molar-refractivity contribution in [2.24, 2.45) is 15.5 Å². The molecule has 0 spiro atoms. The van der Waals surface area contributed by atoms with Crippen molar-refractivity contribution in [3.8, 4) is 0 Å². The van der Waals surface area contributed by atoms with Crippen LogP contribution in [0, 0.1) is 18.2 Å². The first kappa shape index (κ1) is 23.6. The molecule has 0 saturated carbocycles. The zero-order valence-electron chi connectivity index (χ0n) is 19.1. The summed E-state index contributed by atoms with van der Waals surface area (Å²) in [4.78, 5) is 26.5. The summed E-state index contributed by atoms with van der Waals surface area (Å²) in [7, 11) is -4.32. The lowest BCUT2D eigenvalue weighted by Gasteiger charge is -2.35. The zero-order chi connectivity index (χ0) is 25.2.